The monoisotopic (exact) mass is 672 g/mol. The first-order valence-corrected chi connectivity index (χ1v) is 21.2. The summed E-state index contributed by atoms with van der Waals surface area (Å²) in [5, 5.41) is 0. The lowest BCUT2D eigenvalue weighted by Crippen LogP contribution is -2.36. The molecule has 3 aromatic rings. The number of rotatable bonds is 12. The number of ketones is 1. The number of Topliss-reactive ketones (excluding diaryl/α,β-unsaturated/α-hetero) is 1. The second kappa shape index (κ2) is 14.1. The number of sulfonamides is 1. The Balaban J connectivity index is 1.75. The first-order chi connectivity index (χ1) is 21.2. The number of hydrogen-bond donors (Lipinski definition) is 0. The molecule has 244 valence electrons. The zero-order valence-electron chi connectivity index (χ0n) is 27.4. The minimum absolute atomic E-state index is 0.0461. The summed E-state index contributed by atoms with van der Waals surface area (Å²) >= 11 is 1.31. The summed E-state index contributed by atoms with van der Waals surface area (Å²) in [7, 11) is -3.80. The summed E-state index contributed by atoms with van der Waals surface area (Å²) in [6.07, 6.45) is 3.17. The van der Waals surface area contributed by atoms with Crippen LogP contribution in [0, 0.1) is 12.8 Å². The normalized spacial score (nSPS) is 17.8. The van der Waals surface area contributed by atoms with Gasteiger partial charge in [-0.25, -0.2) is 8.42 Å². The third-order valence-electron chi connectivity index (χ3n) is 8.13. The standard InChI is InChI=1S/C33H44N2O7S2Si/c1-9-26-20-35(44(38,39)30-18-34-13-12-27(30)42-26)19-25-16-24(11-10-21(25)2)31(22(3)33(37)41-14-15-45(6,7)8)29-17-28(40-5)32(43-29)23(4)36/h10-13,16-18,22,26,31H,9,14-15,19-20H2,1-8H3. The Labute approximate surface area is 272 Å². The molecule has 4 rings (SSSR count). The van der Waals surface area contributed by atoms with Crippen molar-refractivity contribution in [3.63, 3.8) is 0 Å². The van der Waals surface area contributed by atoms with Crippen LogP contribution in [0.4, 0.5) is 0 Å². The number of benzene rings is 1. The van der Waals surface area contributed by atoms with Crippen LogP contribution in [0.1, 0.15) is 64.3 Å². The third kappa shape index (κ3) is 8.03. The molecular weight excluding hydrogens is 629 g/mol. The first-order valence-electron chi connectivity index (χ1n) is 15.2. The van der Waals surface area contributed by atoms with Crippen molar-refractivity contribution in [2.45, 2.75) is 83.3 Å². The van der Waals surface area contributed by atoms with E-state index in [-0.39, 0.29) is 35.8 Å². The predicted molar refractivity (Wildman–Crippen MR) is 179 cm³/mol. The lowest BCUT2D eigenvalue weighted by Gasteiger charge is -2.26. The highest BCUT2D eigenvalue weighted by Gasteiger charge is 2.36. The number of pyridine rings is 1. The summed E-state index contributed by atoms with van der Waals surface area (Å²) in [5.41, 5.74) is 2.54. The van der Waals surface area contributed by atoms with E-state index in [1.807, 2.05) is 45.0 Å². The van der Waals surface area contributed by atoms with E-state index < -0.39 is 29.9 Å². The van der Waals surface area contributed by atoms with Crippen LogP contribution >= 0.6 is 11.3 Å². The van der Waals surface area contributed by atoms with E-state index in [4.69, 9.17) is 14.2 Å². The van der Waals surface area contributed by atoms with Gasteiger partial charge in [-0.15, -0.1) is 11.3 Å². The lowest BCUT2D eigenvalue weighted by molar-refractivity contribution is -0.147. The van der Waals surface area contributed by atoms with Gasteiger partial charge in [-0.1, -0.05) is 51.7 Å². The van der Waals surface area contributed by atoms with Gasteiger partial charge >= 0.3 is 5.97 Å². The van der Waals surface area contributed by atoms with Crippen LogP contribution < -0.4 is 9.47 Å². The van der Waals surface area contributed by atoms with Crippen LogP contribution in [0.2, 0.25) is 25.7 Å². The molecule has 2 aromatic heterocycles. The maximum atomic E-state index is 13.9. The smallest absolute Gasteiger partial charge is 0.309 e. The second-order valence-corrected chi connectivity index (χ2v) is 21.4. The van der Waals surface area contributed by atoms with E-state index >= 15 is 0 Å². The Kier molecular flexibility index (Phi) is 10.9. The van der Waals surface area contributed by atoms with Crippen molar-refractivity contribution in [1.29, 1.82) is 0 Å². The van der Waals surface area contributed by atoms with Gasteiger partial charge < -0.3 is 14.2 Å². The summed E-state index contributed by atoms with van der Waals surface area (Å²) < 4.78 is 46.5. The van der Waals surface area contributed by atoms with E-state index in [9.17, 15) is 18.0 Å². The van der Waals surface area contributed by atoms with Gasteiger partial charge in [0.1, 0.15) is 27.4 Å². The fraction of sp³-hybridized carbons (Fsp3) is 0.485. The SMILES string of the molecule is CCC1CN(Cc2cc(C(c3cc(OC)c(C(C)=O)s3)C(C)C(=O)OCC[Si](C)(C)C)ccc2C)S(=O)(=O)c2cnccc2O1. The summed E-state index contributed by atoms with van der Waals surface area (Å²) in [4.78, 5) is 31.3. The van der Waals surface area contributed by atoms with E-state index in [1.165, 1.54) is 42.1 Å². The summed E-state index contributed by atoms with van der Waals surface area (Å²) in [6.45, 7) is 14.6. The number of ether oxygens (including phenoxy) is 3. The minimum atomic E-state index is -3.91. The number of carbonyl (C=O) groups excluding carboxylic acids is 2. The molecule has 12 heteroatoms. The van der Waals surface area contributed by atoms with Gasteiger partial charge in [0.25, 0.3) is 0 Å². The Morgan fingerprint density at radius 3 is 2.56 bits per heavy atom. The number of nitrogens with zero attached hydrogens (tertiary/aromatic N) is 2. The minimum Gasteiger partial charge on any atom is -0.495 e. The molecule has 0 radical (unpaired) electrons. The molecule has 3 unspecified atom stereocenters. The predicted octanol–water partition coefficient (Wildman–Crippen LogP) is 6.67. The molecule has 0 fully saturated rings. The Bertz CT molecular complexity index is 1650. The van der Waals surface area contributed by atoms with Gasteiger partial charge in [-0.3, -0.25) is 14.6 Å². The molecule has 1 aromatic carbocycles. The van der Waals surface area contributed by atoms with Gasteiger partial charge in [0.15, 0.2) is 5.78 Å². The second-order valence-electron chi connectivity index (χ2n) is 12.8. The van der Waals surface area contributed by atoms with Crippen LogP contribution in [-0.2, 0) is 26.1 Å². The largest absolute Gasteiger partial charge is 0.495 e. The molecule has 3 heterocycles. The van der Waals surface area contributed by atoms with E-state index in [0.29, 0.717) is 29.4 Å². The van der Waals surface area contributed by atoms with E-state index in [2.05, 4.69) is 24.6 Å². The number of aryl methyl sites for hydroxylation is 1. The summed E-state index contributed by atoms with van der Waals surface area (Å²) in [6, 6.07) is 10.2. The molecule has 0 bridgehead atoms. The molecule has 0 saturated heterocycles. The van der Waals surface area contributed by atoms with Gasteiger partial charge in [0.05, 0.1) is 32.4 Å². The third-order valence-corrected chi connectivity index (χ3v) is 13.0. The zero-order valence-corrected chi connectivity index (χ0v) is 30.0. The Morgan fingerprint density at radius 1 is 1.20 bits per heavy atom. The van der Waals surface area contributed by atoms with E-state index in [0.717, 1.165) is 27.6 Å². The molecule has 0 spiro atoms. The van der Waals surface area contributed by atoms with Crippen molar-refractivity contribution < 1.29 is 32.2 Å². The number of carbonyl (C=O) groups is 2. The first kappa shape index (κ1) is 34.8. The molecule has 1 aliphatic heterocycles. The van der Waals surface area contributed by atoms with Crippen LogP contribution in [-0.4, -0.2) is 63.9 Å². The van der Waals surface area contributed by atoms with Crippen LogP contribution in [0.5, 0.6) is 11.5 Å². The van der Waals surface area contributed by atoms with Crippen molar-refractivity contribution in [3.05, 3.63) is 69.2 Å². The number of thiophene rings is 1. The van der Waals surface area contributed by atoms with Crippen molar-refractivity contribution in [1.82, 2.24) is 9.29 Å². The highest BCUT2D eigenvalue weighted by Crippen LogP contribution is 2.42. The van der Waals surface area contributed by atoms with Crippen molar-refractivity contribution >= 4 is 41.2 Å². The maximum absolute atomic E-state index is 13.9. The number of methoxy groups -OCH3 is 1. The molecule has 0 N–H and O–H groups in total. The fourth-order valence-electron chi connectivity index (χ4n) is 5.31. The van der Waals surface area contributed by atoms with Gasteiger partial charge in [-0.2, -0.15) is 4.31 Å². The average molecular weight is 673 g/mol. The van der Waals surface area contributed by atoms with Crippen LogP contribution in [0.3, 0.4) is 0 Å². The molecule has 0 saturated carbocycles. The number of esters is 1. The van der Waals surface area contributed by atoms with Crippen LogP contribution in [0.25, 0.3) is 0 Å². The fourth-order valence-corrected chi connectivity index (χ4v) is 8.80. The van der Waals surface area contributed by atoms with Gasteiger partial charge in [0.2, 0.25) is 10.0 Å². The molecule has 0 amide bonds. The summed E-state index contributed by atoms with van der Waals surface area (Å²) in [5.74, 6) is -0.701. The lowest BCUT2D eigenvalue weighted by atomic mass is 9.84. The Morgan fingerprint density at radius 2 is 1.93 bits per heavy atom. The topological polar surface area (TPSA) is 112 Å². The molecule has 45 heavy (non-hydrogen) atoms. The molecule has 3 atom stereocenters. The highest BCUT2D eigenvalue weighted by molar-refractivity contribution is 7.89. The quantitative estimate of drug-likeness (QED) is 0.119. The zero-order chi connectivity index (χ0) is 33.1. The van der Waals surface area contributed by atoms with Crippen molar-refractivity contribution in [2.24, 2.45) is 5.92 Å². The highest BCUT2D eigenvalue weighted by atomic mass is 32.2. The number of aromatic nitrogens is 1. The average Bonchev–Trinajstić information content (AvgIpc) is 3.37. The van der Waals surface area contributed by atoms with E-state index in [1.54, 1.807) is 6.07 Å². The Hall–Kier alpha value is -3.06. The van der Waals surface area contributed by atoms with Crippen LogP contribution in [0.15, 0.2) is 47.6 Å². The maximum Gasteiger partial charge on any atom is 0.309 e. The molecule has 0 aliphatic carbocycles. The van der Waals surface area contributed by atoms with Gasteiger partial charge in [0, 0.05) is 38.5 Å². The molecule has 9 nitrogen and oxygen atoms in total. The molecular formula is C33H44N2O7S2Si. The van der Waals surface area contributed by atoms with Gasteiger partial charge in [-0.05, 0) is 48.2 Å². The van der Waals surface area contributed by atoms with Crippen molar-refractivity contribution in [2.75, 3.05) is 20.3 Å². The number of fused-ring (bicyclic) bond motifs is 1. The van der Waals surface area contributed by atoms with Crippen molar-refractivity contribution in [3.8, 4) is 11.5 Å². The number of hydrogen-bond acceptors (Lipinski definition) is 9. The molecule has 1 aliphatic rings.